The van der Waals surface area contributed by atoms with Gasteiger partial charge in [0.1, 0.15) is 10.3 Å². The van der Waals surface area contributed by atoms with Gasteiger partial charge in [0.25, 0.3) is 5.69 Å². The molecule has 0 aliphatic carbocycles. The highest BCUT2D eigenvalue weighted by molar-refractivity contribution is 9.10. The summed E-state index contributed by atoms with van der Waals surface area (Å²) in [6.45, 7) is 0. The third-order valence-electron chi connectivity index (χ3n) is 1.45. The molecular formula is C7H3BrFNO4. The van der Waals surface area contributed by atoms with E-state index >= 15 is 0 Å². The molecule has 0 unspecified atom stereocenters. The van der Waals surface area contributed by atoms with Crippen molar-refractivity contribution in [1.29, 1.82) is 0 Å². The fourth-order valence-electron chi connectivity index (χ4n) is 0.831. The molecule has 14 heavy (non-hydrogen) atoms. The first-order chi connectivity index (χ1) is 6.43. The van der Waals surface area contributed by atoms with E-state index in [-0.39, 0.29) is 4.47 Å². The topological polar surface area (TPSA) is 80.4 Å². The molecule has 0 aliphatic rings. The molecule has 74 valence electrons. The van der Waals surface area contributed by atoms with Crippen molar-refractivity contribution in [3.05, 3.63) is 38.1 Å². The van der Waals surface area contributed by atoms with E-state index in [1.165, 1.54) is 0 Å². The highest BCUT2D eigenvalue weighted by Gasteiger charge is 2.20. The highest BCUT2D eigenvalue weighted by Crippen LogP contribution is 2.28. The highest BCUT2D eigenvalue weighted by atomic mass is 79.9. The van der Waals surface area contributed by atoms with Gasteiger partial charge in [-0.05, 0) is 22.0 Å². The van der Waals surface area contributed by atoms with Crippen LogP contribution in [0.2, 0.25) is 0 Å². The summed E-state index contributed by atoms with van der Waals surface area (Å²) in [6, 6.07) is 1.49. The first-order valence-corrected chi connectivity index (χ1v) is 4.09. The van der Waals surface area contributed by atoms with Crippen molar-refractivity contribution in [2.24, 2.45) is 0 Å². The van der Waals surface area contributed by atoms with Gasteiger partial charge in [-0.2, -0.15) is 0 Å². The quantitative estimate of drug-likeness (QED) is 0.655. The summed E-state index contributed by atoms with van der Waals surface area (Å²) in [4.78, 5) is 19.9. The Morgan fingerprint density at radius 3 is 2.57 bits per heavy atom. The molecule has 0 atom stereocenters. The maximum atomic E-state index is 12.9. The lowest BCUT2D eigenvalue weighted by Crippen LogP contribution is -2.00. The van der Waals surface area contributed by atoms with Gasteiger partial charge in [0.15, 0.2) is 0 Å². The predicted octanol–water partition coefficient (Wildman–Crippen LogP) is 2.19. The van der Waals surface area contributed by atoms with Gasteiger partial charge >= 0.3 is 5.97 Å². The van der Waals surface area contributed by atoms with Crippen molar-refractivity contribution in [3.63, 3.8) is 0 Å². The second kappa shape index (κ2) is 3.70. The first kappa shape index (κ1) is 10.6. The van der Waals surface area contributed by atoms with Gasteiger partial charge in [0.2, 0.25) is 0 Å². The summed E-state index contributed by atoms with van der Waals surface area (Å²) in [5, 5.41) is 18.9. The molecule has 7 heteroatoms. The lowest BCUT2D eigenvalue weighted by Gasteiger charge is -1.99. The Labute approximate surface area is 85.4 Å². The van der Waals surface area contributed by atoms with Crippen LogP contribution in [0.1, 0.15) is 10.4 Å². The Morgan fingerprint density at radius 1 is 1.57 bits per heavy atom. The van der Waals surface area contributed by atoms with Crippen LogP contribution in [0.4, 0.5) is 10.1 Å². The Morgan fingerprint density at radius 2 is 2.14 bits per heavy atom. The maximum absolute atomic E-state index is 12.9. The van der Waals surface area contributed by atoms with Crippen LogP contribution in [-0.4, -0.2) is 16.0 Å². The largest absolute Gasteiger partial charge is 0.478 e. The minimum Gasteiger partial charge on any atom is -0.478 e. The number of nitro benzene ring substituents is 1. The summed E-state index contributed by atoms with van der Waals surface area (Å²) in [5.41, 5.74) is -1.07. The van der Waals surface area contributed by atoms with Crippen LogP contribution in [0.3, 0.4) is 0 Å². The lowest BCUT2D eigenvalue weighted by atomic mass is 10.2. The monoisotopic (exact) mass is 263 g/mol. The molecule has 0 bridgehead atoms. The van der Waals surface area contributed by atoms with Crippen LogP contribution < -0.4 is 0 Å². The molecule has 0 saturated carbocycles. The number of carboxylic acids is 1. The molecule has 5 nitrogen and oxygen atoms in total. The number of aromatic carboxylic acids is 1. The number of halogens is 2. The zero-order valence-electron chi connectivity index (χ0n) is 6.53. The number of nitro groups is 1. The molecule has 0 radical (unpaired) electrons. The molecule has 0 saturated heterocycles. The Kier molecular flexibility index (Phi) is 2.80. The molecule has 0 aliphatic heterocycles. The summed E-state index contributed by atoms with van der Waals surface area (Å²) in [6.07, 6.45) is 0. The Bertz CT molecular complexity index is 420. The van der Waals surface area contributed by atoms with Crippen LogP contribution in [0.5, 0.6) is 0 Å². The van der Waals surface area contributed by atoms with Crippen LogP contribution in [-0.2, 0) is 0 Å². The van der Waals surface area contributed by atoms with E-state index in [1.807, 2.05) is 0 Å². The molecule has 1 aromatic rings. The number of nitrogens with zero attached hydrogens (tertiary/aromatic N) is 1. The lowest BCUT2D eigenvalue weighted by molar-refractivity contribution is -0.385. The first-order valence-electron chi connectivity index (χ1n) is 3.30. The van der Waals surface area contributed by atoms with Gasteiger partial charge < -0.3 is 5.11 Å². The predicted molar refractivity (Wildman–Crippen MR) is 47.7 cm³/mol. The Balaban J connectivity index is 3.43. The minimum absolute atomic E-state index is 0.354. The van der Waals surface area contributed by atoms with Crippen molar-refractivity contribution in [1.82, 2.24) is 0 Å². The van der Waals surface area contributed by atoms with Gasteiger partial charge in [-0.3, -0.25) is 10.1 Å². The summed E-state index contributed by atoms with van der Waals surface area (Å²) in [7, 11) is 0. The second-order valence-corrected chi connectivity index (χ2v) is 3.15. The van der Waals surface area contributed by atoms with Crippen LogP contribution in [0.25, 0.3) is 0 Å². The van der Waals surface area contributed by atoms with Crippen LogP contribution >= 0.6 is 15.9 Å². The molecule has 1 N–H and O–H groups in total. The van der Waals surface area contributed by atoms with E-state index < -0.39 is 28.0 Å². The van der Waals surface area contributed by atoms with Crippen molar-refractivity contribution in [2.45, 2.75) is 0 Å². The molecule has 0 spiro atoms. The molecule has 0 fully saturated rings. The number of carboxylic acid groups (broad SMARTS) is 1. The van der Waals surface area contributed by atoms with Crippen LogP contribution in [0, 0.1) is 15.9 Å². The number of carbonyl (C=O) groups is 1. The van der Waals surface area contributed by atoms with E-state index in [1.54, 1.807) is 0 Å². The molecule has 0 amide bonds. The van der Waals surface area contributed by atoms with Crippen molar-refractivity contribution < 1.29 is 19.2 Å². The fourth-order valence-corrected chi connectivity index (χ4v) is 1.20. The summed E-state index contributed by atoms with van der Waals surface area (Å²) < 4.78 is 12.6. The zero-order chi connectivity index (χ0) is 10.9. The molecular weight excluding hydrogens is 261 g/mol. The molecule has 0 aromatic heterocycles. The van der Waals surface area contributed by atoms with Crippen molar-refractivity contribution in [2.75, 3.05) is 0 Å². The van der Waals surface area contributed by atoms with Gasteiger partial charge in [-0.15, -0.1) is 0 Å². The van der Waals surface area contributed by atoms with E-state index in [9.17, 15) is 19.3 Å². The average molecular weight is 264 g/mol. The molecule has 0 heterocycles. The average Bonchev–Trinajstić information content (AvgIpc) is 2.08. The number of hydrogen-bond donors (Lipinski definition) is 1. The van der Waals surface area contributed by atoms with Gasteiger partial charge in [-0.1, -0.05) is 0 Å². The van der Waals surface area contributed by atoms with Crippen molar-refractivity contribution in [3.8, 4) is 0 Å². The van der Waals surface area contributed by atoms with Crippen molar-refractivity contribution >= 4 is 27.6 Å². The van der Waals surface area contributed by atoms with Gasteiger partial charge in [0, 0.05) is 6.07 Å². The van der Waals surface area contributed by atoms with Gasteiger partial charge in [0.05, 0.1) is 10.5 Å². The standard InChI is InChI=1S/C7H3BrFNO4/c8-6-4(9)1-3(7(11)12)2-5(6)10(13)14/h1-2H,(H,11,12). The minimum atomic E-state index is -1.42. The molecule has 1 aromatic carbocycles. The SMILES string of the molecule is O=C(O)c1cc(F)c(Br)c([N+](=O)[O-])c1. The second-order valence-electron chi connectivity index (χ2n) is 2.35. The zero-order valence-corrected chi connectivity index (χ0v) is 8.12. The smallest absolute Gasteiger partial charge is 0.336 e. The van der Waals surface area contributed by atoms with E-state index in [4.69, 9.17) is 5.11 Å². The van der Waals surface area contributed by atoms with E-state index in [0.717, 1.165) is 6.07 Å². The third kappa shape index (κ3) is 1.87. The maximum Gasteiger partial charge on any atom is 0.336 e. The Hall–Kier alpha value is -1.50. The summed E-state index contributed by atoms with van der Waals surface area (Å²) in [5.74, 6) is -2.39. The number of benzene rings is 1. The number of hydrogen-bond acceptors (Lipinski definition) is 3. The van der Waals surface area contributed by atoms with E-state index in [0.29, 0.717) is 6.07 Å². The van der Waals surface area contributed by atoms with Gasteiger partial charge in [-0.25, -0.2) is 9.18 Å². The molecule has 1 rings (SSSR count). The number of rotatable bonds is 2. The normalized spacial score (nSPS) is 9.86. The van der Waals surface area contributed by atoms with Crippen LogP contribution in [0.15, 0.2) is 16.6 Å². The summed E-state index contributed by atoms with van der Waals surface area (Å²) >= 11 is 2.65. The third-order valence-corrected chi connectivity index (χ3v) is 2.24. The van der Waals surface area contributed by atoms with E-state index in [2.05, 4.69) is 15.9 Å². The fraction of sp³-hybridized carbons (Fsp3) is 0.